The summed E-state index contributed by atoms with van der Waals surface area (Å²) in [7, 11) is 0. The molecule has 1 aliphatic rings. The molecule has 78 valence electrons. The first-order chi connectivity index (χ1) is 7.08. The molecule has 1 unspecified atom stereocenters. The number of carbonyl (C=O) groups excluding carboxylic acids is 1. The summed E-state index contributed by atoms with van der Waals surface area (Å²) in [5, 5.41) is 0. The van der Waals surface area contributed by atoms with Gasteiger partial charge in [0.15, 0.2) is 0 Å². The van der Waals surface area contributed by atoms with E-state index in [1.807, 2.05) is 0 Å². The molecule has 0 radical (unpaired) electrons. The average Bonchev–Trinajstić information content (AvgIpc) is 2.50. The van der Waals surface area contributed by atoms with E-state index in [2.05, 4.69) is 4.99 Å². The van der Waals surface area contributed by atoms with Crippen molar-refractivity contribution in [3.63, 3.8) is 0 Å². The molecule has 0 saturated heterocycles. The largest absolute Gasteiger partial charge is 0.447 e. The van der Waals surface area contributed by atoms with Gasteiger partial charge in [-0.3, -0.25) is 4.79 Å². The van der Waals surface area contributed by atoms with Gasteiger partial charge in [-0.1, -0.05) is 6.07 Å². The first-order valence-electron chi connectivity index (χ1n) is 4.38. The molecule has 1 atom stereocenters. The van der Waals surface area contributed by atoms with E-state index in [0.717, 1.165) is 5.56 Å². The van der Waals surface area contributed by atoms with Crippen LogP contribution in [0.3, 0.4) is 0 Å². The Labute approximate surface area is 85.6 Å². The molecule has 15 heavy (non-hydrogen) atoms. The molecule has 0 bridgehead atoms. The Bertz CT molecular complexity index is 457. The van der Waals surface area contributed by atoms with Crippen molar-refractivity contribution in [2.45, 2.75) is 13.0 Å². The second-order valence-corrected chi connectivity index (χ2v) is 3.29. The zero-order chi connectivity index (χ0) is 11.0. The number of hydrogen-bond acceptors (Lipinski definition) is 3. The summed E-state index contributed by atoms with van der Waals surface area (Å²) in [6, 6.07) is 3.98. The number of aryl methyl sites for hydroxylation is 1. The topological polar surface area (TPSA) is 64.7 Å². The first kappa shape index (κ1) is 9.64. The van der Waals surface area contributed by atoms with Gasteiger partial charge >= 0.3 is 0 Å². The highest BCUT2D eigenvalue weighted by molar-refractivity contribution is 5.98. The number of aliphatic imine (C=N–C) groups is 1. The van der Waals surface area contributed by atoms with Crippen LogP contribution < -0.4 is 5.73 Å². The van der Waals surface area contributed by atoms with Gasteiger partial charge in [-0.15, -0.1) is 0 Å². The van der Waals surface area contributed by atoms with Crippen molar-refractivity contribution in [3.05, 3.63) is 35.1 Å². The lowest BCUT2D eigenvalue weighted by atomic mass is 10.0. The van der Waals surface area contributed by atoms with E-state index in [9.17, 15) is 9.18 Å². The van der Waals surface area contributed by atoms with Crippen molar-refractivity contribution in [1.29, 1.82) is 0 Å². The number of nitrogens with zero attached hydrogens (tertiary/aromatic N) is 1. The van der Waals surface area contributed by atoms with Crippen LogP contribution in [0.5, 0.6) is 0 Å². The highest BCUT2D eigenvalue weighted by atomic mass is 19.1. The zero-order valence-electron chi connectivity index (χ0n) is 8.03. The average molecular weight is 208 g/mol. The van der Waals surface area contributed by atoms with Gasteiger partial charge in [0, 0.05) is 5.56 Å². The van der Waals surface area contributed by atoms with Crippen LogP contribution in [0.4, 0.5) is 4.39 Å². The molecular weight excluding hydrogens is 199 g/mol. The third-order valence-electron chi connectivity index (χ3n) is 2.21. The minimum atomic E-state index is -0.902. The number of ether oxygens (including phenoxy) is 1. The van der Waals surface area contributed by atoms with Gasteiger partial charge in [-0.05, 0) is 24.6 Å². The van der Waals surface area contributed by atoms with Gasteiger partial charge in [0.25, 0.3) is 11.9 Å². The molecule has 5 heteroatoms. The number of nitrogens with two attached hydrogens (primary N) is 1. The summed E-state index contributed by atoms with van der Waals surface area (Å²) >= 11 is 0. The molecule has 2 rings (SSSR count). The van der Waals surface area contributed by atoms with Crippen molar-refractivity contribution in [1.82, 2.24) is 0 Å². The smallest absolute Gasteiger partial charge is 0.296 e. The van der Waals surface area contributed by atoms with Crippen molar-refractivity contribution in [2.75, 3.05) is 0 Å². The number of halogens is 1. The van der Waals surface area contributed by atoms with E-state index < -0.39 is 17.8 Å². The second kappa shape index (κ2) is 3.34. The first-order valence-corrected chi connectivity index (χ1v) is 4.38. The lowest BCUT2D eigenvalue weighted by molar-refractivity contribution is -0.122. The van der Waals surface area contributed by atoms with E-state index in [1.54, 1.807) is 13.0 Å². The van der Waals surface area contributed by atoms with Crippen LogP contribution in [0.25, 0.3) is 0 Å². The maximum absolute atomic E-state index is 13.0. The summed E-state index contributed by atoms with van der Waals surface area (Å²) in [4.78, 5) is 14.8. The standard InChI is InChI=1S/C10H9FN2O2/c1-5-2-3-6(11)4-7(5)8-9(14)13-10(12)15-8/h2-4,8H,1H3,(H2,12,13,14). The minimum absolute atomic E-state index is 0.173. The Kier molecular flexibility index (Phi) is 2.15. The van der Waals surface area contributed by atoms with E-state index in [4.69, 9.17) is 10.5 Å². The normalized spacial score (nSPS) is 20.0. The number of carbonyl (C=O) groups is 1. The molecule has 0 fully saturated rings. The lowest BCUT2D eigenvalue weighted by Gasteiger charge is -2.11. The number of amides is 1. The van der Waals surface area contributed by atoms with Crippen molar-refractivity contribution < 1.29 is 13.9 Å². The van der Waals surface area contributed by atoms with E-state index in [1.165, 1.54) is 12.1 Å². The highest BCUT2D eigenvalue weighted by Gasteiger charge is 2.30. The fourth-order valence-electron chi connectivity index (χ4n) is 1.46. The number of benzene rings is 1. The van der Waals surface area contributed by atoms with Gasteiger partial charge in [0.1, 0.15) is 5.82 Å². The molecule has 1 amide bonds. The molecule has 0 saturated carbocycles. The van der Waals surface area contributed by atoms with Crippen LogP contribution in [-0.4, -0.2) is 11.9 Å². The summed E-state index contributed by atoms with van der Waals surface area (Å²) in [5.74, 6) is -0.918. The highest BCUT2D eigenvalue weighted by Crippen LogP contribution is 2.26. The predicted octanol–water partition coefficient (Wildman–Crippen LogP) is 1.05. The predicted molar refractivity (Wildman–Crippen MR) is 51.6 cm³/mol. The summed E-state index contributed by atoms with van der Waals surface area (Å²) < 4.78 is 18.0. The van der Waals surface area contributed by atoms with Gasteiger partial charge in [0.05, 0.1) is 0 Å². The fourth-order valence-corrected chi connectivity index (χ4v) is 1.46. The van der Waals surface area contributed by atoms with Crippen molar-refractivity contribution in [2.24, 2.45) is 10.7 Å². The molecule has 1 aliphatic heterocycles. The zero-order valence-corrected chi connectivity index (χ0v) is 8.03. The van der Waals surface area contributed by atoms with Crippen LogP contribution in [0.2, 0.25) is 0 Å². The fraction of sp³-hybridized carbons (Fsp3) is 0.200. The molecule has 1 aromatic carbocycles. The van der Waals surface area contributed by atoms with Gasteiger partial charge < -0.3 is 10.5 Å². The van der Waals surface area contributed by atoms with Gasteiger partial charge in [0.2, 0.25) is 6.10 Å². The number of rotatable bonds is 1. The molecule has 0 aliphatic carbocycles. The van der Waals surface area contributed by atoms with Crippen LogP contribution in [0.1, 0.15) is 17.2 Å². The van der Waals surface area contributed by atoms with Gasteiger partial charge in [-0.25, -0.2) is 4.39 Å². The Morgan fingerprint density at radius 2 is 2.27 bits per heavy atom. The SMILES string of the molecule is Cc1ccc(F)cc1C1OC(N)=NC1=O. The Hall–Kier alpha value is -1.91. The number of amidine groups is 1. The molecule has 1 heterocycles. The Morgan fingerprint density at radius 1 is 1.53 bits per heavy atom. The van der Waals surface area contributed by atoms with Crippen LogP contribution in [0, 0.1) is 12.7 Å². The van der Waals surface area contributed by atoms with E-state index in [-0.39, 0.29) is 6.02 Å². The van der Waals surface area contributed by atoms with Crippen molar-refractivity contribution in [3.8, 4) is 0 Å². The maximum Gasteiger partial charge on any atom is 0.296 e. The van der Waals surface area contributed by atoms with Crippen LogP contribution in [-0.2, 0) is 9.53 Å². The maximum atomic E-state index is 13.0. The third kappa shape index (κ3) is 1.68. The summed E-state index contributed by atoms with van der Waals surface area (Å²) in [6.07, 6.45) is -0.902. The van der Waals surface area contributed by atoms with Gasteiger partial charge in [-0.2, -0.15) is 4.99 Å². The summed E-state index contributed by atoms with van der Waals surface area (Å²) in [6.45, 7) is 1.76. The van der Waals surface area contributed by atoms with Crippen LogP contribution in [0.15, 0.2) is 23.2 Å². The van der Waals surface area contributed by atoms with E-state index >= 15 is 0 Å². The molecule has 0 aromatic heterocycles. The molecule has 2 N–H and O–H groups in total. The monoisotopic (exact) mass is 208 g/mol. The van der Waals surface area contributed by atoms with E-state index in [0.29, 0.717) is 5.56 Å². The third-order valence-corrected chi connectivity index (χ3v) is 2.21. The molecular formula is C10H9FN2O2. The number of hydrogen-bond donors (Lipinski definition) is 1. The van der Waals surface area contributed by atoms with Crippen molar-refractivity contribution >= 4 is 11.9 Å². The molecule has 4 nitrogen and oxygen atoms in total. The second-order valence-electron chi connectivity index (χ2n) is 3.29. The van der Waals surface area contributed by atoms with Crippen LogP contribution >= 0.6 is 0 Å². The minimum Gasteiger partial charge on any atom is -0.447 e. The lowest BCUT2D eigenvalue weighted by Crippen LogP contribution is -2.14. The summed E-state index contributed by atoms with van der Waals surface area (Å²) in [5.41, 5.74) is 6.48. The Morgan fingerprint density at radius 3 is 2.87 bits per heavy atom. The molecule has 0 spiro atoms. The molecule has 1 aromatic rings. The Balaban J connectivity index is 2.39. The quantitative estimate of drug-likeness (QED) is 0.750.